The minimum atomic E-state index is 0.567. The summed E-state index contributed by atoms with van der Waals surface area (Å²) in [5, 5.41) is 4.36. The van der Waals surface area contributed by atoms with Crippen molar-refractivity contribution >= 4 is 21.6 Å². The summed E-state index contributed by atoms with van der Waals surface area (Å²) in [4.78, 5) is 0. The van der Waals surface area contributed by atoms with E-state index in [1.54, 1.807) is 0 Å². The number of halogens is 1. The zero-order valence-electron chi connectivity index (χ0n) is 10.5. The Kier molecular flexibility index (Phi) is 3.91. The van der Waals surface area contributed by atoms with E-state index in [0.717, 1.165) is 27.3 Å². The summed E-state index contributed by atoms with van der Waals surface area (Å²) in [5.41, 5.74) is 8.50. The fourth-order valence-electron chi connectivity index (χ4n) is 1.74. The zero-order chi connectivity index (χ0) is 13.1. The SMILES string of the molecule is Cc1nn(CCOc2cccc(Br)c2)c(C)c1N. The number of anilines is 1. The number of nitrogens with two attached hydrogens (primary N) is 1. The fourth-order valence-corrected chi connectivity index (χ4v) is 2.11. The normalized spacial score (nSPS) is 10.6. The van der Waals surface area contributed by atoms with Crippen molar-refractivity contribution < 1.29 is 4.74 Å². The lowest BCUT2D eigenvalue weighted by atomic mass is 10.3. The molecule has 0 spiro atoms. The summed E-state index contributed by atoms with van der Waals surface area (Å²) in [6.07, 6.45) is 0. The van der Waals surface area contributed by atoms with Gasteiger partial charge in [-0.2, -0.15) is 5.10 Å². The van der Waals surface area contributed by atoms with Gasteiger partial charge in [0.2, 0.25) is 0 Å². The molecule has 0 saturated carbocycles. The van der Waals surface area contributed by atoms with Gasteiger partial charge < -0.3 is 10.5 Å². The quantitative estimate of drug-likeness (QED) is 0.944. The summed E-state index contributed by atoms with van der Waals surface area (Å²) >= 11 is 3.41. The molecule has 4 nitrogen and oxygen atoms in total. The van der Waals surface area contributed by atoms with E-state index in [1.807, 2.05) is 42.8 Å². The lowest BCUT2D eigenvalue weighted by Gasteiger charge is -2.08. The van der Waals surface area contributed by atoms with Crippen LogP contribution >= 0.6 is 15.9 Å². The predicted octanol–water partition coefficient (Wildman–Crippen LogP) is 2.92. The molecule has 0 unspecified atom stereocenters. The number of nitrogen functional groups attached to an aromatic ring is 1. The Labute approximate surface area is 115 Å². The largest absolute Gasteiger partial charge is 0.492 e. The van der Waals surface area contributed by atoms with Gasteiger partial charge in [-0.25, -0.2) is 0 Å². The molecule has 0 aliphatic carbocycles. The summed E-state index contributed by atoms with van der Waals surface area (Å²) in [5.74, 6) is 0.846. The second kappa shape index (κ2) is 5.44. The second-order valence-corrected chi connectivity index (χ2v) is 5.03. The van der Waals surface area contributed by atoms with E-state index >= 15 is 0 Å². The van der Waals surface area contributed by atoms with E-state index in [2.05, 4.69) is 21.0 Å². The van der Waals surface area contributed by atoms with Gasteiger partial charge in [0.05, 0.1) is 23.6 Å². The van der Waals surface area contributed by atoms with Crippen molar-refractivity contribution in [1.82, 2.24) is 9.78 Å². The Morgan fingerprint density at radius 1 is 1.39 bits per heavy atom. The van der Waals surface area contributed by atoms with Crippen LogP contribution in [0, 0.1) is 13.8 Å². The van der Waals surface area contributed by atoms with Crippen LogP contribution in [0.3, 0.4) is 0 Å². The van der Waals surface area contributed by atoms with Gasteiger partial charge in [0.1, 0.15) is 12.4 Å². The monoisotopic (exact) mass is 309 g/mol. The van der Waals surface area contributed by atoms with Gasteiger partial charge in [-0.15, -0.1) is 0 Å². The summed E-state index contributed by atoms with van der Waals surface area (Å²) in [6, 6.07) is 7.78. The lowest BCUT2D eigenvalue weighted by molar-refractivity contribution is 0.289. The van der Waals surface area contributed by atoms with Gasteiger partial charge in [-0.05, 0) is 32.0 Å². The first kappa shape index (κ1) is 13.0. The maximum absolute atomic E-state index is 5.88. The molecular formula is C13H16BrN3O. The molecule has 0 atom stereocenters. The van der Waals surface area contributed by atoms with E-state index < -0.39 is 0 Å². The fraction of sp³-hybridized carbons (Fsp3) is 0.308. The first-order valence-corrected chi connectivity index (χ1v) is 6.55. The van der Waals surface area contributed by atoms with Crippen molar-refractivity contribution in [2.75, 3.05) is 12.3 Å². The van der Waals surface area contributed by atoms with Crippen LogP contribution in [0.25, 0.3) is 0 Å². The van der Waals surface area contributed by atoms with Crippen molar-refractivity contribution in [2.45, 2.75) is 20.4 Å². The molecule has 0 bridgehead atoms. The number of aryl methyl sites for hydroxylation is 1. The van der Waals surface area contributed by atoms with E-state index in [0.29, 0.717) is 13.2 Å². The Morgan fingerprint density at radius 2 is 2.17 bits per heavy atom. The average molecular weight is 310 g/mol. The third-order valence-corrected chi connectivity index (χ3v) is 3.30. The number of hydrogen-bond donors (Lipinski definition) is 1. The lowest BCUT2D eigenvalue weighted by Crippen LogP contribution is -2.11. The highest BCUT2D eigenvalue weighted by atomic mass is 79.9. The highest BCUT2D eigenvalue weighted by Crippen LogP contribution is 2.18. The number of benzene rings is 1. The highest BCUT2D eigenvalue weighted by Gasteiger charge is 2.07. The van der Waals surface area contributed by atoms with Crippen LogP contribution in [0.5, 0.6) is 5.75 Å². The minimum absolute atomic E-state index is 0.567. The molecule has 0 aliphatic heterocycles. The average Bonchev–Trinajstić information content (AvgIpc) is 2.57. The number of nitrogens with zero attached hydrogens (tertiary/aromatic N) is 2. The number of rotatable bonds is 4. The molecule has 96 valence electrons. The summed E-state index contributed by atoms with van der Waals surface area (Å²) < 4.78 is 8.55. The van der Waals surface area contributed by atoms with Crippen LogP contribution in [-0.4, -0.2) is 16.4 Å². The number of hydrogen-bond acceptors (Lipinski definition) is 3. The molecule has 1 aromatic heterocycles. The minimum Gasteiger partial charge on any atom is -0.492 e. The van der Waals surface area contributed by atoms with Crippen LogP contribution in [0.15, 0.2) is 28.7 Å². The van der Waals surface area contributed by atoms with Crippen LogP contribution < -0.4 is 10.5 Å². The molecule has 0 aliphatic rings. The third-order valence-electron chi connectivity index (χ3n) is 2.81. The standard InChI is InChI=1S/C13H16BrN3O/c1-9-13(15)10(2)17(16-9)6-7-18-12-5-3-4-11(14)8-12/h3-5,8H,6-7,15H2,1-2H3. The van der Waals surface area contributed by atoms with Gasteiger partial charge in [-0.1, -0.05) is 22.0 Å². The molecule has 2 aromatic rings. The van der Waals surface area contributed by atoms with Crippen molar-refractivity contribution in [3.8, 4) is 5.75 Å². The van der Waals surface area contributed by atoms with E-state index in [4.69, 9.17) is 10.5 Å². The van der Waals surface area contributed by atoms with Gasteiger partial charge in [0.25, 0.3) is 0 Å². The first-order chi connectivity index (χ1) is 8.58. The summed E-state index contributed by atoms with van der Waals surface area (Å²) in [6.45, 7) is 5.14. The molecule has 2 rings (SSSR count). The van der Waals surface area contributed by atoms with E-state index in [1.165, 1.54) is 0 Å². The molecular weight excluding hydrogens is 294 g/mol. The zero-order valence-corrected chi connectivity index (χ0v) is 12.1. The van der Waals surface area contributed by atoms with Crippen LogP contribution in [-0.2, 0) is 6.54 Å². The van der Waals surface area contributed by atoms with Crippen LogP contribution in [0.1, 0.15) is 11.4 Å². The van der Waals surface area contributed by atoms with Gasteiger partial charge in [0.15, 0.2) is 0 Å². The smallest absolute Gasteiger partial charge is 0.120 e. The van der Waals surface area contributed by atoms with Gasteiger partial charge >= 0.3 is 0 Å². The van der Waals surface area contributed by atoms with Crippen molar-refractivity contribution in [3.63, 3.8) is 0 Å². The van der Waals surface area contributed by atoms with Gasteiger partial charge in [0, 0.05) is 4.47 Å². The maximum Gasteiger partial charge on any atom is 0.120 e. The molecule has 18 heavy (non-hydrogen) atoms. The van der Waals surface area contributed by atoms with Crippen molar-refractivity contribution in [1.29, 1.82) is 0 Å². The van der Waals surface area contributed by atoms with Crippen LogP contribution in [0.4, 0.5) is 5.69 Å². The molecule has 2 N–H and O–H groups in total. The maximum atomic E-state index is 5.88. The Balaban J connectivity index is 1.94. The van der Waals surface area contributed by atoms with E-state index in [-0.39, 0.29) is 0 Å². The predicted molar refractivity (Wildman–Crippen MR) is 75.8 cm³/mol. The second-order valence-electron chi connectivity index (χ2n) is 4.11. The molecule has 0 radical (unpaired) electrons. The first-order valence-electron chi connectivity index (χ1n) is 5.76. The topological polar surface area (TPSA) is 53.1 Å². The Hall–Kier alpha value is -1.49. The molecule has 0 fully saturated rings. The van der Waals surface area contributed by atoms with E-state index in [9.17, 15) is 0 Å². The van der Waals surface area contributed by atoms with Gasteiger partial charge in [-0.3, -0.25) is 4.68 Å². The number of ether oxygens (including phenoxy) is 1. The Bertz CT molecular complexity index is 551. The highest BCUT2D eigenvalue weighted by molar-refractivity contribution is 9.10. The molecule has 1 heterocycles. The van der Waals surface area contributed by atoms with Crippen molar-refractivity contribution in [2.24, 2.45) is 0 Å². The number of aromatic nitrogens is 2. The Morgan fingerprint density at radius 3 is 2.78 bits per heavy atom. The van der Waals surface area contributed by atoms with Crippen LogP contribution in [0.2, 0.25) is 0 Å². The molecule has 5 heteroatoms. The molecule has 0 amide bonds. The van der Waals surface area contributed by atoms with Crippen molar-refractivity contribution in [3.05, 3.63) is 40.1 Å². The third kappa shape index (κ3) is 2.85. The molecule has 0 saturated heterocycles. The summed E-state index contributed by atoms with van der Waals surface area (Å²) in [7, 11) is 0. The molecule has 1 aromatic carbocycles.